The van der Waals surface area contributed by atoms with Gasteiger partial charge in [-0.2, -0.15) is 5.26 Å². The van der Waals surface area contributed by atoms with Gasteiger partial charge in [0, 0.05) is 45.1 Å². The van der Waals surface area contributed by atoms with Gasteiger partial charge in [-0.05, 0) is 48.5 Å². The quantitative estimate of drug-likeness (QED) is 0.206. The maximum Gasteiger partial charge on any atom is 0.101 e. The molecule has 5 aromatic carbocycles. The molecule has 9 aromatic rings. The Morgan fingerprint density at radius 2 is 0.978 bits per heavy atom. The van der Waals surface area contributed by atoms with Crippen molar-refractivity contribution in [2.24, 2.45) is 0 Å². The lowest BCUT2D eigenvalue weighted by Gasteiger charge is -2.17. The first kappa shape index (κ1) is 25.9. The number of nitriles is 1. The Bertz CT molecular complexity index is 2560. The molecule has 4 aromatic heterocycles. The minimum Gasteiger partial charge on any atom is -0.308 e. The van der Waals surface area contributed by atoms with Crippen molar-refractivity contribution < 1.29 is 0 Å². The Hall–Kier alpha value is -6.51. The Balaban J connectivity index is 1.29. The van der Waals surface area contributed by atoms with Crippen molar-refractivity contribution >= 4 is 43.6 Å². The van der Waals surface area contributed by atoms with Crippen molar-refractivity contribution in [3.63, 3.8) is 0 Å². The molecule has 9 rings (SSSR count). The molecule has 0 unspecified atom stereocenters. The van der Waals surface area contributed by atoms with Gasteiger partial charge in [0.05, 0.1) is 50.4 Å². The van der Waals surface area contributed by atoms with Gasteiger partial charge in [-0.15, -0.1) is 0 Å². The summed E-state index contributed by atoms with van der Waals surface area (Å²) in [5, 5.41) is 15.1. The maximum absolute atomic E-state index is 10.4. The number of fused-ring (bicyclic) bond motifs is 6. The SMILES string of the molecule is N#Cc1cccc(-c2cccc(-c3cnccc3-n3c4ccccc4c4ccccc43)n2)c1-n1c2ccccc2c2ccccc21. The van der Waals surface area contributed by atoms with E-state index < -0.39 is 0 Å². The Morgan fingerprint density at radius 1 is 0.478 bits per heavy atom. The zero-order valence-corrected chi connectivity index (χ0v) is 24.7. The first-order chi connectivity index (χ1) is 22.8. The van der Waals surface area contributed by atoms with E-state index >= 15 is 0 Å². The second kappa shape index (κ2) is 10.3. The Labute approximate surface area is 264 Å². The van der Waals surface area contributed by atoms with Crippen LogP contribution in [-0.4, -0.2) is 19.1 Å². The summed E-state index contributed by atoms with van der Waals surface area (Å²) >= 11 is 0. The van der Waals surface area contributed by atoms with E-state index in [1.54, 1.807) is 0 Å². The lowest BCUT2D eigenvalue weighted by atomic mass is 10.0. The van der Waals surface area contributed by atoms with Gasteiger partial charge in [0.2, 0.25) is 0 Å². The maximum atomic E-state index is 10.4. The standard InChI is InChI=1S/C41H25N5/c42-25-27-11-9-16-32(41(27)46-38-21-7-3-14-30(38)31-15-4-8-22-39(31)46)34-17-10-18-35(44-34)33-26-43-24-23-40(33)45-36-19-5-1-12-28(36)29-13-2-6-20-37(29)45/h1-24,26H. The van der Waals surface area contributed by atoms with Gasteiger partial charge in [0.1, 0.15) is 6.07 Å². The second-order valence-corrected chi connectivity index (χ2v) is 11.4. The first-order valence-electron chi connectivity index (χ1n) is 15.2. The van der Waals surface area contributed by atoms with Crippen molar-refractivity contribution in [2.75, 3.05) is 0 Å². The van der Waals surface area contributed by atoms with Crippen molar-refractivity contribution in [1.82, 2.24) is 19.1 Å². The summed E-state index contributed by atoms with van der Waals surface area (Å²) < 4.78 is 4.51. The third kappa shape index (κ3) is 3.81. The van der Waals surface area contributed by atoms with Crippen LogP contribution in [0.25, 0.3) is 77.5 Å². The molecule has 0 aliphatic heterocycles. The normalized spacial score (nSPS) is 11.5. The van der Waals surface area contributed by atoms with E-state index in [1.807, 2.05) is 54.9 Å². The predicted octanol–water partition coefficient (Wildman–Crippen LogP) is 9.88. The van der Waals surface area contributed by atoms with Gasteiger partial charge in [-0.3, -0.25) is 4.98 Å². The minimum absolute atomic E-state index is 0.587. The molecular weight excluding hydrogens is 562 g/mol. The van der Waals surface area contributed by atoms with Crippen LogP contribution in [0.4, 0.5) is 0 Å². The van der Waals surface area contributed by atoms with Crippen LogP contribution >= 0.6 is 0 Å². The smallest absolute Gasteiger partial charge is 0.101 e. The van der Waals surface area contributed by atoms with E-state index in [2.05, 4.69) is 117 Å². The van der Waals surface area contributed by atoms with E-state index in [-0.39, 0.29) is 0 Å². The molecule has 0 bridgehead atoms. The molecule has 0 saturated heterocycles. The van der Waals surface area contributed by atoms with Crippen molar-refractivity contribution in [1.29, 1.82) is 5.26 Å². The van der Waals surface area contributed by atoms with Crippen LogP contribution in [0.3, 0.4) is 0 Å². The summed E-state index contributed by atoms with van der Waals surface area (Å²) in [5.41, 5.74) is 10.1. The third-order valence-corrected chi connectivity index (χ3v) is 8.88. The molecule has 0 radical (unpaired) electrons. The molecule has 46 heavy (non-hydrogen) atoms. The van der Waals surface area contributed by atoms with Gasteiger partial charge in [-0.1, -0.05) is 91.0 Å². The minimum atomic E-state index is 0.587. The van der Waals surface area contributed by atoms with E-state index in [1.165, 1.54) is 10.8 Å². The fourth-order valence-electron chi connectivity index (χ4n) is 6.94. The highest BCUT2D eigenvalue weighted by atomic mass is 15.0. The summed E-state index contributed by atoms with van der Waals surface area (Å²) in [4.78, 5) is 9.82. The van der Waals surface area contributed by atoms with Gasteiger partial charge in [-0.25, -0.2) is 4.98 Å². The monoisotopic (exact) mass is 587 g/mol. The number of benzene rings is 5. The zero-order chi connectivity index (χ0) is 30.6. The van der Waals surface area contributed by atoms with Crippen LogP contribution in [0.1, 0.15) is 5.56 Å². The van der Waals surface area contributed by atoms with Crippen LogP contribution in [0, 0.1) is 11.3 Å². The van der Waals surface area contributed by atoms with E-state index in [4.69, 9.17) is 4.98 Å². The van der Waals surface area contributed by atoms with Crippen LogP contribution in [0.5, 0.6) is 0 Å². The molecule has 0 aliphatic rings. The molecular formula is C41H25N5. The van der Waals surface area contributed by atoms with Crippen molar-refractivity contribution in [2.45, 2.75) is 0 Å². The molecule has 5 nitrogen and oxygen atoms in total. The summed E-state index contributed by atoms with van der Waals surface area (Å²) in [6.45, 7) is 0. The van der Waals surface area contributed by atoms with Gasteiger partial charge < -0.3 is 9.13 Å². The number of pyridine rings is 2. The molecule has 4 heterocycles. The Kier molecular flexibility index (Phi) is 5.81. The first-order valence-corrected chi connectivity index (χ1v) is 15.2. The molecule has 0 spiro atoms. The summed E-state index contributed by atoms with van der Waals surface area (Å²) in [6, 6.07) is 50.2. The number of para-hydroxylation sites is 5. The van der Waals surface area contributed by atoms with Crippen molar-refractivity contribution in [3.8, 4) is 40.0 Å². The van der Waals surface area contributed by atoms with E-state index in [0.717, 1.165) is 66.7 Å². The van der Waals surface area contributed by atoms with Gasteiger partial charge in [0.15, 0.2) is 0 Å². The molecule has 0 aliphatic carbocycles. The summed E-state index contributed by atoms with van der Waals surface area (Å²) in [5.74, 6) is 0. The van der Waals surface area contributed by atoms with Gasteiger partial charge >= 0.3 is 0 Å². The third-order valence-electron chi connectivity index (χ3n) is 8.88. The van der Waals surface area contributed by atoms with Crippen LogP contribution in [0.15, 0.2) is 152 Å². The molecule has 5 heteroatoms. The van der Waals surface area contributed by atoms with Gasteiger partial charge in [0.25, 0.3) is 0 Å². The molecule has 0 N–H and O–H groups in total. The summed E-state index contributed by atoms with van der Waals surface area (Å²) in [7, 11) is 0. The predicted molar refractivity (Wildman–Crippen MR) is 186 cm³/mol. The highest BCUT2D eigenvalue weighted by Gasteiger charge is 2.20. The van der Waals surface area contributed by atoms with Crippen LogP contribution in [0.2, 0.25) is 0 Å². The average Bonchev–Trinajstić information content (AvgIpc) is 3.64. The lowest BCUT2D eigenvalue weighted by molar-refractivity contribution is 1.14. The average molecular weight is 588 g/mol. The molecule has 0 amide bonds. The lowest BCUT2D eigenvalue weighted by Crippen LogP contribution is -2.02. The highest BCUT2D eigenvalue weighted by Crippen LogP contribution is 2.39. The fourth-order valence-corrected chi connectivity index (χ4v) is 6.94. The second-order valence-electron chi connectivity index (χ2n) is 11.4. The van der Waals surface area contributed by atoms with E-state index in [0.29, 0.717) is 5.56 Å². The topological polar surface area (TPSA) is 59.4 Å². The molecule has 0 atom stereocenters. The number of nitrogens with zero attached hydrogens (tertiary/aromatic N) is 5. The fraction of sp³-hybridized carbons (Fsp3) is 0. The highest BCUT2D eigenvalue weighted by molar-refractivity contribution is 6.11. The largest absolute Gasteiger partial charge is 0.308 e. The van der Waals surface area contributed by atoms with Crippen molar-refractivity contribution in [3.05, 3.63) is 157 Å². The molecule has 0 saturated carbocycles. The summed E-state index contributed by atoms with van der Waals surface area (Å²) in [6.07, 6.45) is 3.73. The van der Waals surface area contributed by atoms with Crippen LogP contribution < -0.4 is 0 Å². The number of hydrogen-bond acceptors (Lipinski definition) is 3. The Morgan fingerprint density at radius 3 is 1.54 bits per heavy atom. The molecule has 0 fully saturated rings. The molecule has 214 valence electrons. The van der Waals surface area contributed by atoms with Crippen LogP contribution in [-0.2, 0) is 0 Å². The number of rotatable bonds is 4. The number of aromatic nitrogens is 4. The zero-order valence-electron chi connectivity index (χ0n) is 24.7. The number of hydrogen-bond donors (Lipinski definition) is 0. The van der Waals surface area contributed by atoms with E-state index in [9.17, 15) is 5.26 Å².